The van der Waals surface area contributed by atoms with Crippen molar-refractivity contribution >= 4 is 41.3 Å². The number of hydrogen-bond acceptors (Lipinski definition) is 5. The first kappa shape index (κ1) is 28.6. The molecule has 2 aromatic carbocycles. The zero-order chi connectivity index (χ0) is 27.4. The second kappa shape index (κ2) is 11.6. The number of alkyl carbamates (subject to hydrolysis) is 1. The minimum absolute atomic E-state index is 0.0613. The normalized spacial score (nSPS) is 14.1. The zero-order valence-corrected chi connectivity index (χ0v) is 23.5. The number of halogens is 2. The second-order valence-corrected chi connectivity index (χ2v) is 11.4. The van der Waals surface area contributed by atoms with Gasteiger partial charge in [-0.2, -0.15) is 0 Å². The minimum Gasteiger partial charge on any atom is -0.489 e. The fourth-order valence-corrected chi connectivity index (χ4v) is 3.94. The van der Waals surface area contributed by atoms with Crippen LogP contribution < -0.4 is 10.1 Å². The number of guanidine groups is 1. The minimum atomic E-state index is -0.806. The molecule has 0 saturated heterocycles. The second-order valence-electron chi connectivity index (χ2n) is 10.6. The predicted octanol–water partition coefficient (Wildman–Crippen LogP) is 6.75. The first-order valence-corrected chi connectivity index (χ1v) is 12.7. The molecule has 0 atom stereocenters. The third-order valence-electron chi connectivity index (χ3n) is 5.12. The summed E-state index contributed by atoms with van der Waals surface area (Å²) < 4.78 is 16.7. The first-order valence-electron chi connectivity index (χ1n) is 11.9. The lowest BCUT2D eigenvalue weighted by atomic mass is 9.99. The highest BCUT2D eigenvalue weighted by Crippen LogP contribution is 2.28. The molecular formula is C27H33Cl2N3O5. The maximum absolute atomic E-state index is 12.5. The smallest absolute Gasteiger partial charge is 0.437 e. The van der Waals surface area contributed by atoms with E-state index in [2.05, 4.69) is 10.3 Å². The van der Waals surface area contributed by atoms with Gasteiger partial charge < -0.3 is 19.1 Å². The summed E-state index contributed by atoms with van der Waals surface area (Å²) >= 11 is 12.4. The highest BCUT2D eigenvalue weighted by atomic mass is 35.5. The van der Waals surface area contributed by atoms with Crippen molar-refractivity contribution in [3.8, 4) is 5.75 Å². The van der Waals surface area contributed by atoms with E-state index in [9.17, 15) is 9.59 Å². The van der Waals surface area contributed by atoms with Crippen LogP contribution in [0.1, 0.15) is 58.2 Å². The molecule has 10 heteroatoms. The van der Waals surface area contributed by atoms with Crippen LogP contribution in [0, 0.1) is 0 Å². The summed E-state index contributed by atoms with van der Waals surface area (Å²) in [6.07, 6.45) is -0.838. The van der Waals surface area contributed by atoms with E-state index in [1.165, 1.54) is 0 Å². The fraction of sp³-hybridized carbons (Fsp3) is 0.444. The van der Waals surface area contributed by atoms with Gasteiger partial charge in [-0.1, -0.05) is 41.4 Å². The van der Waals surface area contributed by atoms with E-state index in [-0.39, 0.29) is 12.6 Å². The van der Waals surface area contributed by atoms with Gasteiger partial charge in [0.2, 0.25) is 5.96 Å². The van der Waals surface area contributed by atoms with E-state index < -0.39 is 23.4 Å². The maximum atomic E-state index is 12.5. The number of ether oxygens (including phenoxy) is 3. The number of rotatable bonds is 3. The first-order chi connectivity index (χ1) is 17.2. The van der Waals surface area contributed by atoms with Gasteiger partial charge in [0, 0.05) is 18.7 Å². The van der Waals surface area contributed by atoms with Gasteiger partial charge in [0.1, 0.15) is 23.6 Å². The van der Waals surface area contributed by atoms with Crippen molar-refractivity contribution < 1.29 is 23.8 Å². The van der Waals surface area contributed by atoms with Crippen LogP contribution in [-0.4, -0.2) is 40.8 Å². The summed E-state index contributed by atoms with van der Waals surface area (Å²) in [4.78, 5) is 30.9. The number of nitrogens with one attached hydrogen (secondary N) is 1. The summed E-state index contributed by atoms with van der Waals surface area (Å²) in [5, 5.41) is 3.55. The number of benzene rings is 2. The fourth-order valence-electron chi connectivity index (χ4n) is 3.57. The number of nitrogens with zero attached hydrogens (tertiary/aromatic N) is 2. The van der Waals surface area contributed by atoms with Gasteiger partial charge in [-0.3, -0.25) is 5.32 Å². The topological polar surface area (TPSA) is 89.5 Å². The standard InChI is InChI=1S/C27H33Cl2N3O5/c1-26(2,3)36-24(33)30-23(31-25(34)37-27(4,5)6)32-13-12-17-10-11-20(14-19(17)15-32)35-16-18-8-7-9-21(28)22(18)29/h7-11,14H,12-13,15-16H2,1-6H3,(H,30,31,33,34). The molecule has 1 N–H and O–H groups in total. The number of hydrogen-bond donors (Lipinski definition) is 1. The van der Waals surface area contributed by atoms with Crippen molar-refractivity contribution in [2.75, 3.05) is 6.54 Å². The Labute approximate surface area is 227 Å². The Morgan fingerprint density at radius 1 is 1.00 bits per heavy atom. The number of aliphatic imine (C=N–C) groups is 1. The number of carbonyl (C=O) groups excluding carboxylic acids is 2. The van der Waals surface area contributed by atoms with Crippen LogP contribution in [0.25, 0.3) is 0 Å². The van der Waals surface area contributed by atoms with Crippen LogP contribution in [0.2, 0.25) is 10.0 Å². The van der Waals surface area contributed by atoms with Crippen LogP contribution in [0.15, 0.2) is 41.4 Å². The molecule has 2 amide bonds. The molecule has 0 radical (unpaired) electrons. The molecule has 1 aliphatic rings. The monoisotopic (exact) mass is 549 g/mol. The molecule has 0 spiro atoms. The molecule has 1 heterocycles. The predicted molar refractivity (Wildman–Crippen MR) is 144 cm³/mol. The molecule has 0 saturated carbocycles. The molecule has 0 aliphatic carbocycles. The Morgan fingerprint density at radius 3 is 2.38 bits per heavy atom. The van der Waals surface area contributed by atoms with Gasteiger partial charge in [0.25, 0.3) is 0 Å². The summed E-state index contributed by atoms with van der Waals surface area (Å²) in [6, 6.07) is 11.2. The maximum Gasteiger partial charge on any atom is 0.437 e. The highest BCUT2D eigenvalue weighted by Gasteiger charge is 2.26. The lowest BCUT2D eigenvalue weighted by molar-refractivity contribution is 0.0553. The summed E-state index contributed by atoms with van der Waals surface area (Å²) in [6.45, 7) is 11.7. The van der Waals surface area contributed by atoms with E-state index in [4.69, 9.17) is 37.4 Å². The molecule has 0 bridgehead atoms. The number of carbonyl (C=O) groups is 2. The van der Waals surface area contributed by atoms with Crippen molar-refractivity contribution in [1.82, 2.24) is 10.2 Å². The van der Waals surface area contributed by atoms with E-state index >= 15 is 0 Å². The third-order valence-corrected chi connectivity index (χ3v) is 5.98. The lowest BCUT2D eigenvalue weighted by Gasteiger charge is -2.32. The molecule has 37 heavy (non-hydrogen) atoms. The van der Waals surface area contributed by atoms with Crippen molar-refractivity contribution in [2.24, 2.45) is 4.99 Å². The highest BCUT2D eigenvalue weighted by molar-refractivity contribution is 6.42. The SMILES string of the molecule is CC(C)(C)OC(=O)/N=C(\NC(=O)OC(C)(C)C)N1CCc2ccc(OCc3cccc(Cl)c3Cl)cc2C1. The number of fused-ring (bicyclic) bond motifs is 1. The molecule has 2 aromatic rings. The van der Waals surface area contributed by atoms with Gasteiger partial charge in [-0.05, 0) is 77.3 Å². The number of amides is 2. The van der Waals surface area contributed by atoms with Gasteiger partial charge in [-0.25, -0.2) is 9.59 Å². The van der Waals surface area contributed by atoms with Crippen LogP contribution in [-0.2, 0) is 29.0 Å². The van der Waals surface area contributed by atoms with Gasteiger partial charge in [-0.15, -0.1) is 4.99 Å². The average Bonchev–Trinajstić information content (AvgIpc) is 2.76. The summed E-state index contributed by atoms with van der Waals surface area (Å²) in [5.74, 6) is 0.716. The van der Waals surface area contributed by atoms with Crippen LogP contribution in [0.5, 0.6) is 5.75 Å². The molecule has 0 fully saturated rings. The Balaban J connectivity index is 1.79. The van der Waals surface area contributed by atoms with Crippen LogP contribution >= 0.6 is 23.2 Å². The van der Waals surface area contributed by atoms with Gasteiger partial charge >= 0.3 is 12.2 Å². The van der Waals surface area contributed by atoms with Crippen molar-refractivity contribution in [2.45, 2.75) is 72.3 Å². The summed E-state index contributed by atoms with van der Waals surface area (Å²) in [5.41, 5.74) is 1.45. The lowest BCUT2D eigenvalue weighted by Crippen LogP contribution is -2.48. The molecule has 200 valence electrons. The van der Waals surface area contributed by atoms with Crippen molar-refractivity contribution in [1.29, 1.82) is 0 Å². The third kappa shape index (κ3) is 8.83. The Hall–Kier alpha value is -2.97. The molecule has 3 rings (SSSR count). The summed E-state index contributed by atoms with van der Waals surface area (Å²) in [7, 11) is 0. The van der Waals surface area contributed by atoms with Crippen LogP contribution in [0.4, 0.5) is 9.59 Å². The van der Waals surface area contributed by atoms with Gasteiger partial charge in [0.15, 0.2) is 0 Å². The largest absolute Gasteiger partial charge is 0.489 e. The zero-order valence-electron chi connectivity index (χ0n) is 22.0. The Morgan fingerprint density at radius 2 is 1.70 bits per heavy atom. The van der Waals surface area contributed by atoms with E-state index in [0.717, 1.165) is 16.7 Å². The van der Waals surface area contributed by atoms with Gasteiger partial charge in [0.05, 0.1) is 10.0 Å². The molecule has 0 unspecified atom stereocenters. The Kier molecular flexibility index (Phi) is 8.97. The van der Waals surface area contributed by atoms with Crippen molar-refractivity contribution in [3.05, 3.63) is 63.1 Å². The van der Waals surface area contributed by atoms with E-state index in [0.29, 0.717) is 35.3 Å². The molecule has 0 aromatic heterocycles. The van der Waals surface area contributed by atoms with E-state index in [1.807, 2.05) is 30.3 Å². The Bertz CT molecular complexity index is 1190. The molecule has 8 nitrogen and oxygen atoms in total. The van der Waals surface area contributed by atoms with Crippen molar-refractivity contribution in [3.63, 3.8) is 0 Å². The van der Waals surface area contributed by atoms with Crippen LogP contribution in [0.3, 0.4) is 0 Å². The quantitative estimate of drug-likeness (QED) is 0.336. The average molecular weight is 550 g/mol. The molecular weight excluding hydrogens is 517 g/mol. The molecule has 1 aliphatic heterocycles. The van der Waals surface area contributed by atoms with E-state index in [1.54, 1.807) is 52.5 Å².